The van der Waals surface area contributed by atoms with Gasteiger partial charge in [-0.3, -0.25) is 4.98 Å². The Morgan fingerprint density at radius 1 is 1.19 bits per heavy atom. The zero-order valence-electron chi connectivity index (χ0n) is 15.7. The summed E-state index contributed by atoms with van der Waals surface area (Å²) >= 11 is 0. The van der Waals surface area contributed by atoms with E-state index in [-0.39, 0.29) is 12.4 Å². The SMILES string of the molecule is Cc1ncc2c(c1-c1noc(C(C)(C)Nc3ccccc3)n1)CCNC2.Cl. The lowest BCUT2D eigenvalue weighted by molar-refractivity contribution is 0.326. The van der Waals surface area contributed by atoms with E-state index >= 15 is 0 Å². The summed E-state index contributed by atoms with van der Waals surface area (Å²) in [6.45, 7) is 7.86. The Hall–Kier alpha value is -2.44. The van der Waals surface area contributed by atoms with Crippen LogP contribution in [-0.4, -0.2) is 21.7 Å². The van der Waals surface area contributed by atoms with Gasteiger partial charge in [0.1, 0.15) is 5.54 Å². The van der Waals surface area contributed by atoms with Crippen LogP contribution in [0.15, 0.2) is 41.1 Å². The first kappa shape index (κ1) is 19.3. The highest BCUT2D eigenvalue weighted by Gasteiger charge is 2.29. The van der Waals surface area contributed by atoms with Gasteiger partial charge in [0, 0.05) is 29.7 Å². The van der Waals surface area contributed by atoms with Crippen molar-refractivity contribution in [3.8, 4) is 11.4 Å². The molecule has 0 aliphatic carbocycles. The van der Waals surface area contributed by atoms with E-state index in [0.717, 1.165) is 36.5 Å². The molecule has 2 N–H and O–H groups in total. The van der Waals surface area contributed by atoms with Crippen molar-refractivity contribution in [3.63, 3.8) is 0 Å². The summed E-state index contributed by atoms with van der Waals surface area (Å²) in [7, 11) is 0. The Morgan fingerprint density at radius 2 is 1.96 bits per heavy atom. The molecule has 1 aromatic carbocycles. The fourth-order valence-electron chi connectivity index (χ4n) is 3.38. The van der Waals surface area contributed by atoms with Gasteiger partial charge in [-0.1, -0.05) is 23.4 Å². The largest absolute Gasteiger partial charge is 0.372 e. The predicted octanol–water partition coefficient (Wildman–Crippen LogP) is 3.85. The van der Waals surface area contributed by atoms with Gasteiger partial charge in [-0.2, -0.15) is 4.98 Å². The molecule has 2 aromatic heterocycles. The van der Waals surface area contributed by atoms with Gasteiger partial charge < -0.3 is 15.2 Å². The van der Waals surface area contributed by atoms with Gasteiger partial charge in [0.2, 0.25) is 5.82 Å². The molecular weight excluding hydrogens is 362 g/mol. The summed E-state index contributed by atoms with van der Waals surface area (Å²) in [6, 6.07) is 10.0. The molecule has 7 heteroatoms. The minimum atomic E-state index is -0.482. The Balaban J connectivity index is 0.00000210. The lowest BCUT2D eigenvalue weighted by Gasteiger charge is -2.23. The predicted molar refractivity (Wildman–Crippen MR) is 108 cm³/mol. The average Bonchev–Trinajstić information content (AvgIpc) is 3.13. The molecule has 0 bridgehead atoms. The zero-order chi connectivity index (χ0) is 18.1. The average molecular weight is 386 g/mol. The monoisotopic (exact) mass is 385 g/mol. The molecule has 0 saturated heterocycles. The second kappa shape index (κ2) is 7.66. The first-order valence-electron chi connectivity index (χ1n) is 8.90. The number of benzene rings is 1. The van der Waals surface area contributed by atoms with E-state index in [9.17, 15) is 0 Å². The van der Waals surface area contributed by atoms with Crippen LogP contribution >= 0.6 is 12.4 Å². The molecule has 3 heterocycles. The molecule has 142 valence electrons. The van der Waals surface area contributed by atoms with E-state index in [4.69, 9.17) is 9.51 Å². The highest BCUT2D eigenvalue weighted by atomic mass is 35.5. The van der Waals surface area contributed by atoms with Crippen molar-refractivity contribution in [3.05, 3.63) is 59.2 Å². The number of aromatic nitrogens is 3. The minimum Gasteiger partial charge on any atom is -0.372 e. The topological polar surface area (TPSA) is 75.9 Å². The molecule has 0 amide bonds. The summed E-state index contributed by atoms with van der Waals surface area (Å²) < 4.78 is 5.64. The summed E-state index contributed by atoms with van der Waals surface area (Å²) in [6.07, 6.45) is 2.89. The van der Waals surface area contributed by atoms with Gasteiger partial charge in [-0.15, -0.1) is 12.4 Å². The Labute approximate surface area is 165 Å². The molecule has 0 radical (unpaired) electrons. The fourth-order valence-corrected chi connectivity index (χ4v) is 3.38. The summed E-state index contributed by atoms with van der Waals surface area (Å²) in [5, 5.41) is 11.1. The summed E-state index contributed by atoms with van der Waals surface area (Å²) in [5.41, 5.74) is 4.96. The molecule has 0 unspecified atom stereocenters. The minimum absolute atomic E-state index is 0. The van der Waals surface area contributed by atoms with Gasteiger partial charge in [0.05, 0.1) is 0 Å². The van der Waals surface area contributed by atoms with E-state index in [1.807, 2.05) is 57.3 Å². The second-order valence-electron chi connectivity index (χ2n) is 7.19. The van der Waals surface area contributed by atoms with Crippen LogP contribution in [0.3, 0.4) is 0 Å². The fraction of sp³-hybridized carbons (Fsp3) is 0.350. The zero-order valence-corrected chi connectivity index (χ0v) is 16.6. The van der Waals surface area contributed by atoms with Crippen LogP contribution in [0.5, 0.6) is 0 Å². The van der Waals surface area contributed by atoms with Gasteiger partial charge in [-0.05, 0) is 57.0 Å². The highest BCUT2D eigenvalue weighted by molar-refractivity contribution is 5.85. The van der Waals surface area contributed by atoms with E-state index in [1.165, 1.54) is 11.1 Å². The summed E-state index contributed by atoms with van der Waals surface area (Å²) in [4.78, 5) is 9.25. The number of nitrogens with one attached hydrogen (secondary N) is 2. The molecule has 4 rings (SSSR count). The van der Waals surface area contributed by atoms with Crippen LogP contribution in [0.25, 0.3) is 11.4 Å². The molecule has 3 aromatic rings. The van der Waals surface area contributed by atoms with E-state index in [0.29, 0.717) is 11.7 Å². The number of aryl methyl sites for hydroxylation is 1. The maximum Gasteiger partial charge on any atom is 0.252 e. The van der Waals surface area contributed by atoms with Crippen molar-refractivity contribution in [1.29, 1.82) is 0 Å². The van der Waals surface area contributed by atoms with Crippen LogP contribution in [0.2, 0.25) is 0 Å². The maximum absolute atomic E-state index is 5.64. The van der Waals surface area contributed by atoms with Crippen LogP contribution < -0.4 is 10.6 Å². The number of rotatable bonds is 4. The Kier molecular flexibility index (Phi) is 5.48. The number of anilines is 1. The molecule has 1 aliphatic heterocycles. The van der Waals surface area contributed by atoms with Crippen LogP contribution in [-0.2, 0) is 18.5 Å². The van der Waals surface area contributed by atoms with Crippen molar-refractivity contribution in [2.75, 3.05) is 11.9 Å². The molecule has 6 nitrogen and oxygen atoms in total. The van der Waals surface area contributed by atoms with Crippen molar-refractivity contribution >= 4 is 18.1 Å². The number of hydrogen-bond acceptors (Lipinski definition) is 6. The van der Waals surface area contributed by atoms with E-state index in [2.05, 4.69) is 20.8 Å². The molecular formula is C20H24ClN5O. The normalized spacial score (nSPS) is 13.6. The van der Waals surface area contributed by atoms with Gasteiger partial charge in [0.25, 0.3) is 5.89 Å². The quantitative estimate of drug-likeness (QED) is 0.710. The Bertz CT molecular complexity index is 923. The number of pyridine rings is 1. The highest BCUT2D eigenvalue weighted by Crippen LogP contribution is 2.31. The number of para-hydroxylation sites is 1. The van der Waals surface area contributed by atoms with Crippen molar-refractivity contribution in [1.82, 2.24) is 20.4 Å². The number of hydrogen-bond donors (Lipinski definition) is 2. The number of nitrogens with zero attached hydrogens (tertiary/aromatic N) is 3. The molecule has 27 heavy (non-hydrogen) atoms. The van der Waals surface area contributed by atoms with Crippen molar-refractivity contribution in [2.24, 2.45) is 0 Å². The Morgan fingerprint density at radius 3 is 2.74 bits per heavy atom. The van der Waals surface area contributed by atoms with Crippen LogP contribution in [0.4, 0.5) is 5.69 Å². The van der Waals surface area contributed by atoms with Gasteiger partial charge in [-0.25, -0.2) is 0 Å². The third-order valence-corrected chi connectivity index (χ3v) is 4.75. The first-order chi connectivity index (χ1) is 12.5. The maximum atomic E-state index is 5.64. The van der Waals surface area contributed by atoms with Crippen LogP contribution in [0.1, 0.15) is 36.6 Å². The number of halogens is 1. The molecule has 0 atom stereocenters. The third kappa shape index (κ3) is 3.82. The van der Waals surface area contributed by atoms with Crippen LogP contribution in [0, 0.1) is 6.92 Å². The third-order valence-electron chi connectivity index (χ3n) is 4.75. The summed E-state index contributed by atoms with van der Waals surface area (Å²) in [5.74, 6) is 1.17. The smallest absolute Gasteiger partial charge is 0.252 e. The molecule has 0 fully saturated rings. The first-order valence-corrected chi connectivity index (χ1v) is 8.90. The van der Waals surface area contributed by atoms with Gasteiger partial charge in [0.15, 0.2) is 0 Å². The second-order valence-corrected chi connectivity index (χ2v) is 7.19. The van der Waals surface area contributed by atoms with Crippen molar-refractivity contribution < 1.29 is 4.52 Å². The van der Waals surface area contributed by atoms with Gasteiger partial charge >= 0.3 is 0 Å². The lowest BCUT2D eigenvalue weighted by Crippen LogP contribution is -2.28. The van der Waals surface area contributed by atoms with Crippen molar-refractivity contribution in [2.45, 2.75) is 39.3 Å². The standard InChI is InChI=1S/C20H23N5O.ClH/c1-13-17(16-9-10-21-11-14(16)12-22-13)18-23-19(26-25-18)20(2,3)24-15-7-5-4-6-8-15;/h4-8,12,21,24H,9-11H2,1-3H3;1H. The lowest BCUT2D eigenvalue weighted by atomic mass is 9.95. The molecule has 1 aliphatic rings. The molecule has 0 saturated carbocycles. The molecule has 0 spiro atoms. The van der Waals surface area contributed by atoms with E-state index < -0.39 is 5.54 Å². The number of fused-ring (bicyclic) bond motifs is 1. The van der Waals surface area contributed by atoms with E-state index in [1.54, 1.807) is 0 Å².